The van der Waals surface area contributed by atoms with Crippen molar-refractivity contribution < 1.29 is 22.8 Å². The Labute approximate surface area is 107 Å². The molecule has 1 heterocycles. The maximum atomic E-state index is 12.0. The first-order chi connectivity index (χ1) is 8.79. The van der Waals surface area contributed by atoms with Crippen molar-refractivity contribution in [3.8, 4) is 0 Å². The highest BCUT2D eigenvalue weighted by molar-refractivity contribution is 6.04. The number of H-pyrrole nitrogens is 1. The van der Waals surface area contributed by atoms with E-state index in [4.69, 9.17) is 0 Å². The topological polar surface area (TPSA) is 62.0 Å². The molecule has 0 fully saturated rings. The van der Waals surface area contributed by atoms with Gasteiger partial charge in [0.2, 0.25) is 0 Å². The fraction of sp³-hybridized carbons (Fsp3) is 0.500. The number of fused-ring (bicyclic) bond motifs is 1. The number of amides is 1. The number of aryl methyl sites for hydroxylation is 1. The summed E-state index contributed by atoms with van der Waals surface area (Å²) in [7, 11) is 0. The first-order valence-corrected chi connectivity index (χ1v) is 5.89. The molecule has 0 radical (unpaired) electrons. The van der Waals surface area contributed by atoms with Crippen molar-refractivity contribution in [1.29, 1.82) is 0 Å². The lowest BCUT2D eigenvalue weighted by molar-refractivity contribution is -0.123. The van der Waals surface area contributed by atoms with Crippen molar-refractivity contribution >= 4 is 11.7 Å². The molecule has 2 rings (SSSR count). The monoisotopic (exact) mass is 274 g/mol. The summed E-state index contributed by atoms with van der Waals surface area (Å²) in [6, 6.07) is 0. The van der Waals surface area contributed by atoms with Gasteiger partial charge in [-0.1, -0.05) is 0 Å². The van der Waals surface area contributed by atoms with Gasteiger partial charge in [0.15, 0.2) is 5.78 Å². The predicted molar refractivity (Wildman–Crippen MR) is 61.2 cm³/mol. The molecule has 1 aliphatic carbocycles. The van der Waals surface area contributed by atoms with E-state index in [2.05, 4.69) is 4.98 Å². The average molecular weight is 274 g/mol. The Balaban J connectivity index is 2.22. The van der Waals surface area contributed by atoms with Crippen LogP contribution in [0.5, 0.6) is 0 Å². The fourth-order valence-electron chi connectivity index (χ4n) is 2.27. The highest BCUT2D eigenvalue weighted by Crippen LogP contribution is 2.26. The minimum absolute atomic E-state index is 0.0458. The van der Waals surface area contributed by atoms with Gasteiger partial charge in [-0.3, -0.25) is 9.59 Å². The molecule has 1 aromatic rings. The lowest BCUT2D eigenvalue weighted by Crippen LogP contribution is -2.34. The van der Waals surface area contributed by atoms with Crippen molar-refractivity contribution in [2.75, 3.05) is 6.54 Å². The Kier molecular flexibility index (Phi) is 3.38. The van der Waals surface area contributed by atoms with Crippen molar-refractivity contribution in [2.45, 2.75) is 32.4 Å². The highest BCUT2D eigenvalue weighted by Gasteiger charge is 2.30. The van der Waals surface area contributed by atoms with E-state index in [-0.39, 0.29) is 11.5 Å². The van der Waals surface area contributed by atoms with Crippen LogP contribution in [0.25, 0.3) is 0 Å². The highest BCUT2D eigenvalue weighted by atomic mass is 19.4. The van der Waals surface area contributed by atoms with E-state index in [1.165, 1.54) is 0 Å². The Morgan fingerprint density at radius 1 is 1.37 bits per heavy atom. The van der Waals surface area contributed by atoms with Crippen LogP contribution in [-0.2, 0) is 6.42 Å². The molecule has 1 aromatic heterocycles. The maximum Gasteiger partial charge on any atom is 0.405 e. The molecule has 19 heavy (non-hydrogen) atoms. The number of aromatic nitrogens is 1. The van der Waals surface area contributed by atoms with E-state index in [1.807, 2.05) is 0 Å². The largest absolute Gasteiger partial charge is 0.405 e. The van der Waals surface area contributed by atoms with Crippen LogP contribution < -0.4 is 5.32 Å². The van der Waals surface area contributed by atoms with Crippen LogP contribution in [0.3, 0.4) is 0 Å². The van der Waals surface area contributed by atoms with Crippen LogP contribution in [0.4, 0.5) is 13.2 Å². The smallest absolute Gasteiger partial charge is 0.354 e. The van der Waals surface area contributed by atoms with Gasteiger partial charge in [-0.2, -0.15) is 13.2 Å². The van der Waals surface area contributed by atoms with E-state index < -0.39 is 18.6 Å². The number of nitrogens with one attached hydrogen (secondary N) is 2. The second-order valence-corrected chi connectivity index (χ2v) is 4.55. The minimum atomic E-state index is -4.45. The third kappa shape index (κ3) is 2.80. The van der Waals surface area contributed by atoms with Crippen molar-refractivity contribution in [1.82, 2.24) is 10.3 Å². The fourth-order valence-corrected chi connectivity index (χ4v) is 2.27. The second kappa shape index (κ2) is 4.71. The summed E-state index contributed by atoms with van der Waals surface area (Å²) in [4.78, 5) is 26.2. The number of hydrogen-bond acceptors (Lipinski definition) is 2. The summed E-state index contributed by atoms with van der Waals surface area (Å²) in [6.07, 6.45) is -2.72. The predicted octanol–water partition coefficient (Wildman–Crippen LogP) is 2.13. The van der Waals surface area contributed by atoms with E-state index in [0.717, 1.165) is 0 Å². The number of alkyl halides is 3. The molecule has 4 nitrogen and oxygen atoms in total. The number of Topliss-reactive ketones (excluding diaryl/α,β-unsaturated/α-hetero) is 1. The molecule has 2 N–H and O–H groups in total. The van der Waals surface area contributed by atoms with Gasteiger partial charge in [0, 0.05) is 17.7 Å². The van der Waals surface area contributed by atoms with Gasteiger partial charge in [0.25, 0.3) is 5.91 Å². The Hall–Kier alpha value is -1.79. The van der Waals surface area contributed by atoms with Crippen LogP contribution in [0, 0.1) is 6.92 Å². The van der Waals surface area contributed by atoms with Crippen molar-refractivity contribution in [2.24, 2.45) is 0 Å². The van der Waals surface area contributed by atoms with E-state index >= 15 is 0 Å². The third-order valence-electron chi connectivity index (χ3n) is 3.11. The molecule has 0 unspecified atom stereocenters. The van der Waals surface area contributed by atoms with Crippen LogP contribution in [-0.4, -0.2) is 29.4 Å². The van der Waals surface area contributed by atoms with Gasteiger partial charge in [0.1, 0.15) is 12.2 Å². The second-order valence-electron chi connectivity index (χ2n) is 4.55. The molecule has 0 aromatic carbocycles. The van der Waals surface area contributed by atoms with Crippen LogP contribution in [0.2, 0.25) is 0 Å². The zero-order valence-electron chi connectivity index (χ0n) is 10.3. The van der Waals surface area contributed by atoms with Crippen LogP contribution in [0.1, 0.15) is 44.9 Å². The first-order valence-electron chi connectivity index (χ1n) is 5.89. The molecule has 7 heteroatoms. The number of ketones is 1. The lowest BCUT2D eigenvalue weighted by Gasteiger charge is -2.09. The van der Waals surface area contributed by atoms with E-state index in [1.54, 1.807) is 12.2 Å². The van der Waals surface area contributed by atoms with Crippen molar-refractivity contribution in [3.05, 3.63) is 22.5 Å². The Bertz CT molecular complexity index is 532. The van der Waals surface area contributed by atoms with Gasteiger partial charge < -0.3 is 10.3 Å². The number of hydrogen-bond donors (Lipinski definition) is 2. The first kappa shape index (κ1) is 13.6. The number of rotatable bonds is 2. The summed E-state index contributed by atoms with van der Waals surface area (Å²) in [6.45, 7) is 0.184. The molecule has 0 spiro atoms. The van der Waals surface area contributed by atoms with Gasteiger partial charge >= 0.3 is 6.18 Å². The summed E-state index contributed by atoms with van der Waals surface area (Å²) >= 11 is 0. The third-order valence-corrected chi connectivity index (χ3v) is 3.11. The van der Waals surface area contributed by atoms with Gasteiger partial charge in [0.05, 0.1) is 0 Å². The number of carbonyl (C=O) groups is 2. The Morgan fingerprint density at radius 2 is 2.05 bits per heavy atom. The zero-order valence-corrected chi connectivity index (χ0v) is 10.3. The standard InChI is InChI=1S/C12H13F3N2O2/c1-6-9-7(3-2-4-8(9)18)17-10(6)11(19)16-5-12(13,14)15/h17H,2-5H2,1H3,(H,16,19). The normalized spacial score (nSPS) is 15.3. The number of carbonyl (C=O) groups excluding carboxylic acids is 2. The summed E-state index contributed by atoms with van der Waals surface area (Å²) < 4.78 is 36.1. The van der Waals surface area contributed by atoms with Crippen LogP contribution in [0.15, 0.2) is 0 Å². The van der Waals surface area contributed by atoms with Crippen LogP contribution >= 0.6 is 0 Å². The molecule has 0 saturated heterocycles. The van der Waals surface area contributed by atoms with Gasteiger partial charge in [-0.05, 0) is 25.3 Å². The summed E-state index contributed by atoms with van der Waals surface area (Å²) in [5.74, 6) is -0.901. The molecule has 0 bridgehead atoms. The molecule has 0 aliphatic heterocycles. The average Bonchev–Trinajstić information content (AvgIpc) is 2.64. The zero-order chi connectivity index (χ0) is 14.2. The Morgan fingerprint density at radius 3 is 2.63 bits per heavy atom. The molecule has 0 atom stereocenters. The van der Waals surface area contributed by atoms with E-state index in [9.17, 15) is 22.8 Å². The summed E-state index contributed by atoms with van der Waals surface area (Å²) in [5, 5.41) is 1.80. The minimum Gasteiger partial charge on any atom is -0.354 e. The molecule has 104 valence electrons. The van der Waals surface area contributed by atoms with E-state index in [0.29, 0.717) is 36.1 Å². The van der Waals surface area contributed by atoms with Gasteiger partial charge in [-0.25, -0.2) is 0 Å². The molecule has 1 amide bonds. The summed E-state index contributed by atoms with van der Waals surface area (Å²) in [5.41, 5.74) is 1.58. The lowest BCUT2D eigenvalue weighted by atomic mass is 9.94. The molecule has 1 aliphatic rings. The van der Waals surface area contributed by atoms with Crippen molar-refractivity contribution in [3.63, 3.8) is 0 Å². The number of aromatic amines is 1. The maximum absolute atomic E-state index is 12.0. The molecular weight excluding hydrogens is 261 g/mol. The molecular formula is C12H13F3N2O2. The quantitative estimate of drug-likeness (QED) is 0.867. The number of halogens is 3. The SMILES string of the molecule is Cc1c(C(=O)NCC(F)(F)F)[nH]c2c1C(=O)CCC2. The molecule has 0 saturated carbocycles. The van der Waals surface area contributed by atoms with Gasteiger partial charge in [-0.15, -0.1) is 0 Å².